The van der Waals surface area contributed by atoms with Gasteiger partial charge in [-0.3, -0.25) is 14.9 Å². The number of amides is 1. The summed E-state index contributed by atoms with van der Waals surface area (Å²) in [7, 11) is 1.63. The summed E-state index contributed by atoms with van der Waals surface area (Å²) in [5.74, 6) is 0.692. The van der Waals surface area contributed by atoms with Crippen LogP contribution in [-0.4, -0.2) is 17.9 Å². The molecule has 1 aliphatic carbocycles. The van der Waals surface area contributed by atoms with Gasteiger partial charge in [0.2, 0.25) is 5.91 Å². The number of methoxy groups -OCH3 is 1. The molecule has 0 unspecified atom stereocenters. The van der Waals surface area contributed by atoms with E-state index in [0.29, 0.717) is 0 Å². The third-order valence-corrected chi connectivity index (χ3v) is 6.12. The Labute approximate surface area is 175 Å². The summed E-state index contributed by atoms with van der Waals surface area (Å²) in [6.07, 6.45) is 4.45. The van der Waals surface area contributed by atoms with Crippen molar-refractivity contribution >= 4 is 28.1 Å². The first-order valence-electron chi connectivity index (χ1n) is 10.2. The van der Waals surface area contributed by atoms with Crippen LogP contribution in [0.5, 0.6) is 5.75 Å². The lowest BCUT2D eigenvalue weighted by Crippen LogP contribution is -2.42. The Kier molecular flexibility index (Phi) is 5.40. The van der Waals surface area contributed by atoms with Crippen LogP contribution in [0, 0.1) is 10.1 Å². The van der Waals surface area contributed by atoms with Crippen molar-refractivity contribution in [3.63, 3.8) is 0 Å². The Morgan fingerprint density at radius 2 is 1.63 bits per heavy atom. The minimum atomic E-state index is -0.686. The van der Waals surface area contributed by atoms with Crippen molar-refractivity contribution in [1.82, 2.24) is 0 Å². The average Bonchev–Trinajstić information content (AvgIpc) is 2.79. The maximum absolute atomic E-state index is 13.6. The second kappa shape index (κ2) is 8.14. The van der Waals surface area contributed by atoms with Gasteiger partial charge in [0.05, 0.1) is 17.4 Å². The van der Waals surface area contributed by atoms with Crippen LogP contribution in [0.1, 0.15) is 37.7 Å². The number of ether oxygens (including phenoxy) is 1. The summed E-state index contributed by atoms with van der Waals surface area (Å²) in [6, 6.07) is 18.0. The number of nitro groups is 1. The molecule has 30 heavy (non-hydrogen) atoms. The van der Waals surface area contributed by atoms with Crippen LogP contribution >= 0.6 is 0 Å². The van der Waals surface area contributed by atoms with Crippen LogP contribution < -0.4 is 10.1 Å². The molecular weight excluding hydrogens is 380 g/mol. The van der Waals surface area contributed by atoms with Crippen LogP contribution in [0.25, 0.3) is 10.8 Å². The van der Waals surface area contributed by atoms with E-state index < -0.39 is 10.3 Å². The number of carbonyl (C=O) groups is 1. The summed E-state index contributed by atoms with van der Waals surface area (Å²) >= 11 is 0. The summed E-state index contributed by atoms with van der Waals surface area (Å²) < 4.78 is 5.46. The molecule has 0 aromatic heterocycles. The molecule has 0 radical (unpaired) electrons. The van der Waals surface area contributed by atoms with Crippen molar-refractivity contribution in [3.05, 3.63) is 76.3 Å². The molecule has 0 aliphatic heterocycles. The molecule has 0 spiro atoms. The van der Waals surface area contributed by atoms with Crippen molar-refractivity contribution in [2.75, 3.05) is 12.4 Å². The topological polar surface area (TPSA) is 81.5 Å². The molecule has 1 amide bonds. The highest BCUT2D eigenvalue weighted by Gasteiger charge is 2.41. The zero-order valence-corrected chi connectivity index (χ0v) is 16.9. The van der Waals surface area contributed by atoms with E-state index in [1.807, 2.05) is 36.4 Å². The van der Waals surface area contributed by atoms with E-state index in [2.05, 4.69) is 5.32 Å². The van der Waals surface area contributed by atoms with Crippen molar-refractivity contribution in [2.45, 2.75) is 37.5 Å². The monoisotopic (exact) mass is 404 g/mol. The largest absolute Gasteiger partial charge is 0.496 e. The van der Waals surface area contributed by atoms with Crippen molar-refractivity contribution < 1.29 is 14.5 Å². The highest BCUT2D eigenvalue weighted by Crippen LogP contribution is 2.42. The molecule has 3 aromatic rings. The summed E-state index contributed by atoms with van der Waals surface area (Å²) in [4.78, 5) is 24.3. The fourth-order valence-corrected chi connectivity index (χ4v) is 4.50. The zero-order valence-electron chi connectivity index (χ0n) is 16.9. The average molecular weight is 404 g/mol. The first-order chi connectivity index (χ1) is 14.5. The van der Waals surface area contributed by atoms with Gasteiger partial charge in [-0.2, -0.15) is 0 Å². The van der Waals surface area contributed by atoms with E-state index in [0.717, 1.165) is 59.9 Å². The van der Waals surface area contributed by atoms with Gasteiger partial charge in [0.25, 0.3) is 5.69 Å². The zero-order chi connectivity index (χ0) is 21.1. The number of non-ortho nitro benzene ring substituents is 1. The van der Waals surface area contributed by atoms with Crippen molar-refractivity contribution in [2.24, 2.45) is 0 Å². The van der Waals surface area contributed by atoms with Crippen LogP contribution in [-0.2, 0) is 10.2 Å². The number of hydrogen-bond acceptors (Lipinski definition) is 4. The molecule has 0 heterocycles. The molecular formula is C24H24N2O4. The van der Waals surface area contributed by atoms with E-state index in [9.17, 15) is 14.9 Å². The van der Waals surface area contributed by atoms with Crippen LogP contribution in [0.15, 0.2) is 60.7 Å². The molecule has 3 aromatic carbocycles. The summed E-state index contributed by atoms with van der Waals surface area (Å²) in [6.45, 7) is 0. The van der Waals surface area contributed by atoms with E-state index >= 15 is 0 Å². The van der Waals surface area contributed by atoms with E-state index in [1.165, 1.54) is 12.1 Å². The molecule has 6 nitrogen and oxygen atoms in total. The molecule has 1 N–H and O–H groups in total. The van der Waals surface area contributed by atoms with E-state index in [4.69, 9.17) is 4.74 Å². The number of nitrogens with zero attached hydrogens (tertiary/aromatic N) is 1. The SMILES string of the molecule is COc1ccc(NC(=O)C2(c3ccc([N+](=O)[O-])cc3)CCCCC2)c2ccccc12. The molecule has 4 rings (SSSR count). The Balaban J connectivity index is 1.72. The normalized spacial score (nSPS) is 15.5. The fraction of sp³-hybridized carbons (Fsp3) is 0.292. The first kappa shape index (κ1) is 19.9. The Bertz CT molecular complexity index is 1090. The smallest absolute Gasteiger partial charge is 0.269 e. The van der Waals surface area contributed by atoms with Crippen molar-refractivity contribution in [1.29, 1.82) is 0 Å². The number of rotatable bonds is 5. The van der Waals surface area contributed by atoms with Gasteiger partial charge in [-0.15, -0.1) is 0 Å². The maximum Gasteiger partial charge on any atom is 0.269 e. The minimum absolute atomic E-state index is 0.0336. The number of anilines is 1. The van der Waals surface area contributed by atoms with Gasteiger partial charge in [0.15, 0.2) is 0 Å². The third kappa shape index (κ3) is 3.49. The lowest BCUT2D eigenvalue weighted by atomic mass is 9.68. The Hall–Kier alpha value is -3.41. The Morgan fingerprint density at radius 3 is 2.27 bits per heavy atom. The highest BCUT2D eigenvalue weighted by atomic mass is 16.6. The molecule has 1 fully saturated rings. The third-order valence-electron chi connectivity index (χ3n) is 6.12. The standard InChI is InChI=1S/C24H24N2O4/c1-30-22-14-13-21(19-7-3-4-8-20(19)22)25-23(27)24(15-5-2-6-16-24)17-9-11-18(12-10-17)26(28)29/h3-4,7-14H,2,5-6,15-16H2,1H3,(H,25,27). The quantitative estimate of drug-likeness (QED) is 0.443. The van der Waals surface area contributed by atoms with E-state index in [-0.39, 0.29) is 11.6 Å². The second-order valence-electron chi connectivity index (χ2n) is 7.76. The van der Waals surface area contributed by atoms with Crippen LogP contribution in [0.4, 0.5) is 11.4 Å². The molecule has 154 valence electrons. The van der Waals surface area contributed by atoms with Crippen LogP contribution in [0.3, 0.4) is 0 Å². The predicted molar refractivity (Wildman–Crippen MR) is 117 cm³/mol. The summed E-state index contributed by atoms with van der Waals surface area (Å²) in [5.41, 5.74) is 0.923. The van der Waals surface area contributed by atoms with Gasteiger partial charge in [-0.1, -0.05) is 55.7 Å². The lowest BCUT2D eigenvalue weighted by Gasteiger charge is -2.36. The molecule has 0 bridgehead atoms. The maximum atomic E-state index is 13.6. The summed E-state index contributed by atoms with van der Waals surface area (Å²) in [5, 5.41) is 16.0. The molecule has 1 saturated carbocycles. The fourth-order valence-electron chi connectivity index (χ4n) is 4.50. The minimum Gasteiger partial charge on any atom is -0.496 e. The molecule has 1 aliphatic rings. The molecule has 0 atom stereocenters. The van der Waals surface area contributed by atoms with Crippen molar-refractivity contribution in [3.8, 4) is 5.75 Å². The lowest BCUT2D eigenvalue weighted by molar-refractivity contribution is -0.384. The second-order valence-corrected chi connectivity index (χ2v) is 7.76. The van der Waals surface area contributed by atoms with Crippen LogP contribution in [0.2, 0.25) is 0 Å². The highest BCUT2D eigenvalue weighted by molar-refractivity contribution is 6.07. The number of carbonyl (C=O) groups excluding carboxylic acids is 1. The van der Waals surface area contributed by atoms with Gasteiger partial charge >= 0.3 is 0 Å². The van der Waals surface area contributed by atoms with Gasteiger partial charge in [-0.05, 0) is 30.5 Å². The number of nitro benzene ring substituents is 1. The van der Waals surface area contributed by atoms with Gasteiger partial charge in [0.1, 0.15) is 5.75 Å². The first-order valence-corrected chi connectivity index (χ1v) is 10.2. The number of hydrogen-bond donors (Lipinski definition) is 1. The Morgan fingerprint density at radius 1 is 0.967 bits per heavy atom. The van der Waals surface area contributed by atoms with E-state index in [1.54, 1.807) is 19.2 Å². The number of fused-ring (bicyclic) bond motifs is 1. The van der Waals surface area contributed by atoms with Gasteiger partial charge in [0, 0.05) is 28.6 Å². The predicted octanol–water partition coefficient (Wildman–Crippen LogP) is 5.60. The number of nitrogens with one attached hydrogen (secondary N) is 1. The van der Waals surface area contributed by atoms with Gasteiger partial charge in [-0.25, -0.2) is 0 Å². The number of benzene rings is 3. The molecule has 0 saturated heterocycles. The van der Waals surface area contributed by atoms with Gasteiger partial charge < -0.3 is 10.1 Å². The molecule has 6 heteroatoms.